The van der Waals surface area contributed by atoms with Gasteiger partial charge in [0.05, 0.1) is 0 Å². The molecule has 0 spiro atoms. The SMILES string of the molecule is CC1(C)c2ccccc2-c2c1ccc1c2Oc2cc(-c3ccc(-c4nc(-c5ccccc5)nc(-c5ccc(-c6ccccc6)cc5)n4)cc3)ccc2O1. The lowest BCUT2D eigenvalue weighted by molar-refractivity contribution is 0.360. The molecular weight excluding hydrogens is 651 g/mol. The van der Waals surface area contributed by atoms with Gasteiger partial charge >= 0.3 is 0 Å². The Bertz CT molecular complexity index is 2670. The van der Waals surface area contributed by atoms with Crippen LogP contribution in [0.5, 0.6) is 23.0 Å². The van der Waals surface area contributed by atoms with Crippen LogP contribution in [0.15, 0.2) is 164 Å². The van der Waals surface area contributed by atoms with Crippen LogP contribution in [0.25, 0.3) is 67.5 Å². The van der Waals surface area contributed by atoms with Gasteiger partial charge in [-0.05, 0) is 57.1 Å². The van der Waals surface area contributed by atoms with E-state index in [1.54, 1.807) is 0 Å². The molecule has 0 amide bonds. The van der Waals surface area contributed by atoms with E-state index in [4.69, 9.17) is 24.4 Å². The summed E-state index contributed by atoms with van der Waals surface area (Å²) in [6.07, 6.45) is 0. The van der Waals surface area contributed by atoms with Gasteiger partial charge in [-0.1, -0.05) is 159 Å². The fourth-order valence-electron chi connectivity index (χ4n) is 7.61. The van der Waals surface area contributed by atoms with Crippen LogP contribution in [0.3, 0.4) is 0 Å². The van der Waals surface area contributed by atoms with Gasteiger partial charge in [0.15, 0.2) is 40.5 Å². The van der Waals surface area contributed by atoms with Gasteiger partial charge in [0, 0.05) is 27.7 Å². The number of rotatable bonds is 5. The Morgan fingerprint density at radius 2 is 0.849 bits per heavy atom. The van der Waals surface area contributed by atoms with Crippen molar-refractivity contribution in [3.8, 4) is 90.5 Å². The third-order valence-electron chi connectivity index (χ3n) is 10.4. The lowest BCUT2D eigenvalue weighted by Crippen LogP contribution is -2.15. The summed E-state index contributed by atoms with van der Waals surface area (Å²) in [7, 11) is 0. The highest BCUT2D eigenvalue weighted by Gasteiger charge is 2.39. The van der Waals surface area contributed by atoms with Crippen LogP contribution in [0.4, 0.5) is 0 Å². The van der Waals surface area contributed by atoms with Gasteiger partial charge in [0.2, 0.25) is 0 Å². The van der Waals surface area contributed by atoms with Gasteiger partial charge in [-0.3, -0.25) is 0 Å². The molecule has 8 aromatic rings. The highest BCUT2D eigenvalue weighted by molar-refractivity contribution is 5.88. The maximum atomic E-state index is 6.72. The number of hydrogen-bond acceptors (Lipinski definition) is 5. The van der Waals surface area contributed by atoms with Crippen molar-refractivity contribution in [2.45, 2.75) is 19.3 Å². The van der Waals surface area contributed by atoms with Crippen LogP contribution in [0, 0.1) is 0 Å². The number of nitrogens with zero attached hydrogens (tertiary/aromatic N) is 3. The van der Waals surface area contributed by atoms with E-state index in [1.807, 2.05) is 48.5 Å². The number of fused-ring (bicyclic) bond motifs is 6. The minimum atomic E-state index is -0.123. The van der Waals surface area contributed by atoms with Gasteiger partial charge in [0.25, 0.3) is 0 Å². The van der Waals surface area contributed by atoms with Gasteiger partial charge in [-0.2, -0.15) is 0 Å². The minimum Gasteiger partial charge on any atom is -0.449 e. The largest absolute Gasteiger partial charge is 0.449 e. The highest BCUT2D eigenvalue weighted by Crippen LogP contribution is 2.58. The van der Waals surface area contributed by atoms with Crippen molar-refractivity contribution in [1.29, 1.82) is 0 Å². The Hall–Kier alpha value is -6.85. The predicted octanol–water partition coefficient (Wildman–Crippen LogP) is 12.4. The second kappa shape index (κ2) is 12.1. The molecule has 0 fully saturated rings. The van der Waals surface area contributed by atoms with E-state index in [0.717, 1.165) is 50.4 Å². The van der Waals surface area contributed by atoms with Gasteiger partial charge in [-0.25, -0.2) is 15.0 Å². The van der Waals surface area contributed by atoms with E-state index in [1.165, 1.54) is 22.3 Å². The molecular formula is C48H33N3O2. The van der Waals surface area contributed by atoms with Crippen molar-refractivity contribution in [1.82, 2.24) is 15.0 Å². The fraction of sp³-hybridized carbons (Fsp3) is 0.0625. The van der Waals surface area contributed by atoms with Crippen molar-refractivity contribution in [2.75, 3.05) is 0 Å². The average molecular weight is 684 g/mol. The van der Waals surface area contributed by atoms with Crippen molar-refractivity contribution in [3.63, 3.8) is 0 Å². The first-order valence-electron chi connectivity index (χ1n) is 17.8. The lowest BCUT2D eigenvalue weighted by Gasteiger charge is -2.25. The third-order valence-corrected chi connectivity index (χ3v) is 10.4. The van der Waals surface area contributed by atoms with Gasteiger partial charge in [-0.15, -0.1) is 0 Å². The summed E-state index contributed by atoms with van der Waals surface area (Å²) in [5, 5.41) is 0. The summed E-state index contributed by atoms with van der Waals surface area (Å²) in [4.78, 5) is 14.8. The summed E-state index contributed by atoms with van der Waals surface area (Å²) in [5.41, 5.74) is 11.9. The predicted molar refractivity (Wildman–Crippen MR) is 211 cm³/mol. The zero-order valence-corrected chi connectivity index (χ0v) is 29.2. The Balaban J connectivity index is 0.980. The van der Waals surface area contributed by atoms with Crippen LogP contribution in [0.1, 0.15) is 25.0 Å². The molecule has 0 radical (unpaired) electrons. The smallest absolute Gasteiger partial charge is 0.178 e. The van der Waals surface area contributed by atoms with Crippen molar-refractivity contribution in [3.05, 3.63) is 175 Å². The molecule has 7 aromatic carbocycles. The Morgan fingerprint density at radius 1 is 0.377 bits per heavy atom. The van der Waals surface area contributed by atoms with Gasteiger partial charge in [0.1, 0.15) is 0 Å². The van der Waals surface area contributed by atoms with E-state index in [9.17, 15) is 0 Å². The summed E-state index contributed by atoms with van der Waals surface area (Å²) >= 11 is 0. The quantitative estimate of drug-likeness (QED) is 0.181. The summed E-state index contributed by atoms with van der Waals surface area (Å²) in [6, 6.07) is 56.1. The van der Waals surface area contributed by atoms with E-state index in [2.05, 4.69) is 129 Å². The molecule has 0 saturated heterocycles. The summed E-state index contributed by atoms with van der Waals surface area (Å²) in [6.45, 7) is 4.54. The standard InChI is InChI=1S/C48H33N3O2/c1-48(2)38-16-10-9-15-37(38)43-39(48)26-28-41-44(43)53-42-29-36(25-27-40(42)52-41)32-19-23-35(24-20-32)47-50-45(33-13-7-4-8-14-33)49-46(51-47)34-21-17-31(18-22-34)30-11-5-3-6-12-30/h3-29H,1-2H3. The monoisotopic (exact) mass is 683 g/mol. The molecule has 10 rings (SSSR count). The molecule has 0 saturated carbocycles. The van der Waals surface area contributed by atoms with Crippen LogP contribution < -0.4 is 9.47 Å². The minimum absolute atomic E-state index is 0.123. The van der Waals surface area contributed by atoms with E-state index >= 15 is 0 Å². The lowest BCUT2D eigenvalue weighted by atomic mass is 9.82. The average Bonchev–Trinajstić information content (AvgIpc) is 3.46. The Labute approximate surface area is 308 Å². The molecule has 0 bridgehead atoms. The van der Waals surface area contributed by atoms with Crippen LogP contribution in [0.2, 0.25) is 0 Å². The molecule has 0 atom stereocenters. The molecule has 5 heteroatoms. The molecule has 1 aromatic heterocycles. The zero-order valence-electron chi connectivity index (χ0n) is 29.2. The molecule has 252 valence electrons. The molecule has 0 unspecified atom stereocenters. The number of benzene rings is 7. The highest BCUT2D eigenvalue weighted by atomic mass is 16.6. The maximum absolute atomic E-state index is 6.72. The van der Waals surface area contributed by atoms with Crippen molar-refractivity contribution < 1.29 is 9.47 Å². The zero-order chi connectivity index (χ0) is 35.5. The van der Waals surface area contributed by atoms with Crippen LogP contribution in [-0.2, 0) is 5.41 Å². The van der Waals surface area contributed by atoms with Crippen molar-refractivity contribution >= 4 is 0 Å². The molecule has 5 nitrogen and oxygen atoms in total. The third kappa shape index (κ3) is 5.28. The molecule has 1 aliphatic carbocycles. The number of aromatic nitrogens is 3. The fourth-order valence-corrected chi connectivity index (χ4v) is 7.61. The van der Waals surface area contributed by atoms with E-state index < -0.39 is 0 Å². The Kier molecular flexibility index (Phi) is 7.08. The van der Waals surface area contributed by atoms with Gasteiger partial charge < -0.3 is 9.47 Å². The van der Waals surface area contributed by atoms with Crippen LogP contribution >= 0.6 is 0 Å². The van der Waals surface area contributed by atoms with Crippen LogP contribution in [-0.4, -0.2) is 15.0 Å². The van der Waals surface area contributed by atoms with Crippen molar-refractivity contribution in [2.24, 2.45) is 0 Å². The van der Waals surface area contributed by atoms with E-state index in [-0.39, 0.29) is 5.41 Å². The first-order valence-corrected chi connectivity index (χ1v) is 17.8. The number of ether oxygens (including phenoxy) is 2. The summed E-state index contributed by atoms with van der Waals surface area (Å²) in [5.74, 6) is 4.78. The normalized spacial score (nSPS) is 13.2. The molecule has 2 aliphatic rings. The second-order valence-electron chi connectivity index (χ2n) is 14.0. The molecule has 2 heterocycles. The molecule has 53 heavy (non-hydrogen) atoms. The Morgan fingerprint density at radius 3 is 1.49 bits per heavy atom. The second-order valence-corrected chi connectivity index (χ2v) is 14.0. The molecule has 0 N–H and O–H groups in total. The maximum Gasteiger partial charge on any atom is 0.178 e. The number of hydrogen-bond donors (Lipinski definition) is 0. The van der Waals surface area contributed by atoms with E-state index in [0.29, 0.717) is 29.0 Å². The molecule has 1 aliphatic heterocycles. The first kappa shape index (κ1) is 30.9. The first-order chi connectivity index (χ1) is 26.0. The topological polar surface area (TPSA) is 57.1 Å². The summed E-state index contributed by atoms with van der Waals surface area (Å²) < 4.78 is 13.1.